The van der Waals surface area contributed by atoms with Crippen molar-refractivity contribution in [3.05, 3.63) is 53.7 Å². The van der Waals surface area contributed by atoms with E-state index in [1.165, 1.54) is 0 Å². The summed E-state index contributed by atoms with van der Waals surface area (Å²) in [6, 6.07) is 15.3. The normalized spacial score (nSPS) is 13.3. The van der Waals surface area contributed by atoms with Crippen molar-refractivity contribution < 1.29 is 0 Å². The van der Waals surface area contributed by atoms with Crippen molar-refractivity contribution in [2.45, 2.75) is 9.79 Å². The zero-order valence-electron chi connectivity index (χ0n) is 7.88. The highest BCUT2D eigenvalue weighted by Gasteiger charge is 2.15. The smallest absolute Gasteiger partial charge is 0.0445 e. The molecule has 0 aliphatic carbocycles. The topological polar surface area (TPSA) is 26.3 Å². The van der Waals surface area contributed by atoms with Gasteiger partial charge in [0.2, 0.25) is 0 Å². The van der Waals surface area contributed by atoms with Crippen LogP contribution < -0.4 is 5.06 Å². The minimum Gasteiger partial charge on any atom is -0.754 e. The van der Waals surface area contributed by atoms with Crippen LogP contribution in [0.4, 0.5) is 11.4 Å². The molecule has 0 aromatic heterocycles. The number of anilines is 2. The third-order valence-corrected chi connectivity index (χ3v) is 3.52. The molecule has 2 aromatic rings. The van der Waals surface area contributed by atoms with E-state index in [2.05, 4.69) is 0 Å². The summed E-state index contributed by atoms with van der Waals surface area (Å²) in [5.41, 5.74) is 1.47. The van der Waals surface area contributed by atoms with Crippen molar-refractivity contribution in [2.24, 2.45) is 0 Å². The van der Waals surface area contributed by atoms with E-state index in [9.17, 15) is 5.21 Å². The lowest BCUT2D eigenvalue weighted by molar-refractivity contribution is 1.17. The first kappa shape index (κ1) is 8.83. The van der Waals surface area contributed by atoms with Gasteiger partial charge in [-0.25, -0.2) is 0 Å². The number of hydrogen-bond donors (Lipinski definition) is 0. The number of rotatable bonds is 0. The maximum absolute atomic E-state index is 12.0. The van der Waals surface area contributed by atoms with Gasteiger partial charge in [-0.3, -0.25) is 0 Å². The van der Waals surface area contributed by atoms with Gasteiger partial charge < -0.3 is 10.3 Å². The summed E-state index contributed by atoms with van der Waals surface area (Å²) < 4.78 is 0. The molecule has 0 amide bonds. The summed E-state index contributed by atoms with van der Waals surface area (Å²) in [6.07, 6.45) is 0. The molecule has 0 radical (unpaired) electrons. The molecule has 2 aromatic carbocycles. The van der Waals surface area contributed by atoms with E-state index >= 15 is 0 Å². The SMILES string of the molecule is [O-]N1c2ccccc2Sc2ccccc21. The summed E-state index contributed by atoms with van der Waals surface area (Å²) in [7, 11) is 0. The van der Waals surface area contributed by atoms with Crippen LogP contribution in [-0.4, -0.2) is 0 Å². The molecule has 15 heavy (non-hydrogen) atoms. The number of fused-ring (bicyclic) bond motifs is 2. The first-order valence-corrected chi connectivity index (χ1v) is 5.51. The van der Waals surface area contributed by atoms with Crippen LogP contribution in [0.5, 0.6) is 0 Å². The molecule has 1 aliphatic heterocycles. The molecule has 3 heteroatoms. The minimum atomic E-state index is 0.737. The highest BCUT2D eigenvalue weighted by atomic mass is 32.2. The lowest BCUT2D eigenvalue weighted by Crippen LogP contribution is -2.11. The Balaban J connectivity index is 2.20. The monoisotopic (exact) mass is 214 g/mol. The second kappa shape index (κ2) is 3.29. The average Bonchev–Trinajstić information content (AvgIpc) is 2.30. The molecule has 0 bridgehead atoms. The molecule has 0 saturated carbocycles. The average molecular weight is 214 g/mol. The van der Waals surface area contributed by atoms with Crippen molar-refractivity contribution in [3.8, 4) is 0 Å². The predicted octanol–water partition coefficient (Wildman–Crippen LogP) is 3.79. The zero-order valence-corrected chi connectivity index (χ0v) is 8.70. The van der Waals surface area contributed by atoms with Gasteiger partial charge in [0.15, 0.2) is 0 Å². The fraction of sp³-hybridized carbons (Fsp3) is 0. The van der Waals surface area contributed by atoms with Crippen molar-refractivity contribution in [3.63, 3.8) is 0 Å². The Labute approximate surface area is 92.1 Å². The van der Waals surface area contributed by atoms with Gasteiger partial charge in [-0.05, 0) is 24.3 Å². The molecule has 2 nitrogen and oxygen atoms in total. The Morgan fingerprint density at radius 2 is 1.27 bits per heavy atom. The van der Waals surface area contributed by atoms with Crippen LogP contribution in [0.3, 0.4) is 0 Å². The predicted molar refractivity (Wildman–Crippen MR) is 62.5 cm³/mol. The second-order valence-electron chi connectivity index (χ2n) is 3.33. The van der Waals surface area contributed by atoms with Gasteiger partial charge in [-0.15, -0.1) is 0 Å². The van der Waals surface area contributed by atoms with Crippen LogP contribution in [0.25, 0.3) is 0 Å². The number of hydrogen-bond acceptors (Lipinski definition) is 3. The summed E-state index contributed by atoms with van der Waals surface area (Å²) in [4.78, 5) is 2.04. The molecular weight excluding hydrogens is 206 g/mol. The molecule has 0 spiro atoms. The van der Waals surface area contributed by atoms with Gasteiger partial charge in [0.25, 0.3) is 0 Å². The lowest BCUT2D eigenvalue weighted by atomic mass is 10.2. The number of para-hydroxylation sites is 2. The highest BCUT2D eigenvalue weighted by molar-refractivity contribution is 7.99. The summed E-state index contributed by atoms with van der Waals surface area (Å²) in [5.74, 6) is 0. The van der Waals surface area contributed by atoms with E-state index in [4.69, 9.17) is 0 Å². The number of benzene rings is 2. The molecule has 0 unspecified atom stereocenters. The lowest BCUT2D eigenvalue weighted by Gasteiger charge is -2.37. The van der Waals surface area contributed by atoms with Gasteiger partial charge in [0.05, 0.1) is 0 Å². The Morgan fingerprint density at radius 3 is 1.80 bits per heavy atom. The van der Waals surface area contributed by atoms with Gasteiger partial charge in [-0.1, -0.05) is 36.0 Å². The second-order valence-corrected chi connectivity index (χ2v) is 4.42. The van der Waals surface area contributed by atoms with Crippen LogP contribution in [0.1, 0.15) is 0 Å². The van der Waals surface area contributed by atoms with Gasteiger partial charge in [0.1, 0.15) is 0 Å². The molecule has 74 valence electrons. The maximum Gasteiger partial charge on any atom is 0.0445 e. The summed E-state index contributed by atoms with van der Waals surface area (Å²) >= 11 is 1.64. The molecule has 0 atom stereocenters. The fourth-order valence-corrected chi connectivity index (χ4v) is 2.71. The van der Waals surface area contributed by atoms with Crippen LogP contribution >= 0.6 is 11.8 Å². The molecule has 3 rings (SSSR count). The van der Waals surface area contributed by atoms with Crippen LogP contribution in [0, 0.1) is 5.21 Å². The Kier molecular flexibility index (Phi) is 1.94. The third kappa shape index (κ3) is 1.32. The molecule has 1 heterocycles. The van der Waals surface area contributed by atoms with E-state index in [0.717, 1.165) is 26.2 Å². The van der Waals surface area contributed by atoms with Crippen LogP contribution in [0.2, 0.25) is 0 Å². The van der Waals surface area contributed by atoms with E-state index in [0.29, 0.717) is 0 Å². The van der Waals surface area contributed by atoms with Gasteiger partial charge >= 0.3 is 0 Å². The van der Waals surface area contributed by atoms with E-state index < -0.39 is 0 Å². The first-order valence-electron chi connectivity index (χ1n) is 4.69. The molecular formula is C12H8NOS-. The third-order valence-electron chi connectivity index (χ3n) is 2.39. The van der Waals surface area contributed by atoms with Crippen LogP contribution in [-0.2, 0) is 0 Å². The fourth-order valence-electron chi connectivity index (χ4n) is 1.67. The van der Waals surface area contributed by atoms with Crippen molar-refractivity contribution in [2.75, 3.05) is 5.06 Å². The quantitative estimate of drug-likeness (QED) is 0.667. The highest BCUT2D eigenvalue weighted by Crippen LogP contribution is 2.47. The van der Waals surface area contributed by atoms with E-state index in [1.807, 2.05) is 48.5 Å². The standard InChI is InChI=1S/C12H8NOS/c14-13-9-5-1-3-7-11(9)15-12-8-4-2-6-10(12)13/h1-8H/q-1. The molecule has 1 aliphatic rings. The molecule has 0 saturated heterocycles. The van der Waals surface area contributed by atoms with Crippen molar-refractivity contribution in [1.29, 1.82) is 0 Å². The van der Waals surface area contributed by atoms with Crippen molar-refractivity contribution in [1.82, 2.24) is 0 Å². The minimum absolute atomic E-state index is 0.737. The first-order chi connectivity index (χ1) is 7.36. The van der Waals surface area contributed by atoms with Gasteiger partial charge in [0, 0.05) is 21.2 Å². The van der Waals surface area contributed by atoms with Crippen molar-refractivity contribution >= 4 is 23.1 Å². The summed E-state index contributed by atoms with van der Waals surface area (Å²) in [5, 5.41) is 13.0. The molecule has 0 fully saturated rings. The number of nitrogens with zero attached hydrogens (tertiary/aromatic N) is 1. The van der Waals surface area contributed by atoms with Crippen LogP contribution in [0.15, 0.2) is 58.3 Å². The largest absolute Gasteiger partial charge is 0.754 e. The summed E-state index contributed by atoms with van der Waals surface area (Å²) in [6.45, 7) is 0. The molecule has 0 N–H and O–H groups in total. The van der Waals surface area contributed by atoms with E-state index in [1.54, 1.807) is 11.8 Å². The maximum atomic E-state index is 12.0. The van der Waals surface area contributed by atoms with Gasteiger partial charge in [-0.2, -0.15) is 0 Å². The Bertz CT molecular complexity index is 467. The van der Waals surface area contributed by atoms with E-state index in [-0.39, 0.29) is 0 Å². The Morgan fingerprint density at radius 1 is 0.800 bits per heavy atom. The zero-order chi connectivity index (χ0) is 10.3. The Hall–Kier alpha value is -1.45.